The van der Waals surface area contributed by atoms with Crippen LogP contribution in [0.3, 0.4) is 0 Å². The fourth-order valence-electron chi connectivity index (χ4n) is 2.93. The van der Waals surface area contributed by atoms with E-state index in [1.165, 1.54) is 17.0 Å². The Kier molecular flexibility index (Phi) is 5.49. The van der Waals surface area contributed by atoms with Crippen LogP contribution in [0.25, 0.3) is 17.4 Å². The lowest BCUT2D eigenvalue weighted by molar-refractivity contribution is -0.115. The zero-order valence-electron chi connectivity index (χ0n) is 16.1. The van der Waals surface area contributed by atoms with Crippen LogP contribution in [-0.2, 0) is 17.6 Å². The molecule has 3 heterocycles. The van der Waals surface area contributed by atoms with Gasteiger partial charge in [-0.3, -0.25) is 14.6 Å². The lowest BCUT2D eigenvalue weighted by Gasteiger charge is -2.09. The summed E-state index contributed by atoms with van der Waals surface area (Å²) >= 11 is 5.90. The van der Waals surface area contributed by atoms with E-state index in [-0.39, 0.29) is 23.8 Å². The maximum absolute atomic E-state index is 12.6. The van der Waals surface area contributed by atoms with Gasteiger partial charge in [-0.1, -0.05) is 30.7 Å². The van der Waals surface area contributed by atoms with Gasteiger partial charge in [-0.05, 0) is 36.2 Å². The van der Waals surface area contributed by atoms with Crippen LogP contribution in [0.5, 0.6) is 0 Å². The Morgan fingerprint density at radius 3 is 2.73 bits per heavy atom. The smallest absolute Gasteiger partial charge is 0.252 e. The van der Waals surface area contributed by atoms with Gasteiger partial charge >= 0.3 is 0 Å². The van der Waals surface area contributed by atoms with Gasteiger partial charge in [0.1, 0.15) is 11.5 Å². The first kappa shape index (κ1) is 19.7. The summed E-state index contributed by atoms with van der Waals surface area (Å²) in [5.41, 5.74) is 1.62. The Bertz CT molecular complexity index is 1230. The fourth-order valence-corrected chi connectivity index (χ4v) is 3.05. The van der Waals surface area contributed by atoms with E-state index < -0.39 is 0 Å². The molecule has 9 heteroatoms. The van der Waals surface area contributed by atoms with Gasteiger partial charge in [0.25, 0.3) is 5.56 Å². The number of aromatic amines is 1. The van der Waals surface area contributed by atoms with Crippen molar-refractivity contribution in [3.05, 3.63) is 81.4 Å². The average Bonchev–Trinajstić information content (AvgIpc) is 3.39. The summed E-state index contributed by atoms with van der Waals surface area (Å²) in [6.45, 7) is 1.90. The number of halogens is 1. The second kappa shape index (κ2) is 8.38. The van der Waals surface area contributed by atoms with Crippen molar-refractivity contribution in [1.29, 1.82) is 0 Å². The van der Waals surface area contributed by atoms with Crippen LogP contribution in [0.1, 0.15) is 18.2 Å². The molecule has 0 fully saturated rings. The van der Waals surface area contributed by atoms with Crippen LogP contribution >= 0.6 is 11.6 Å². The molecular formula is C21H18ClN5O3. The molecule has 0 unspecified atom stereocenters. The van der Waals surface area contributed by atoms with Crippen molar-refractivity contribution >= 4 is 23.3 Å². The Balaban J connectivity index is 1.69. The summed E-state index contributed by atoms with van der Waals surface area (Å²) < 4.78 is 6.80. The molecule has 2 N–H and O–H groups in total. The maximum Gasteiger partial charge on any atom is 0.252 e. The molecule has 8 nitrogen and oxygen atoms in total. The molecule has 0 aliphatic heterocycles. The summed E-state index contributed by atoms with van der Waals surface area (Å²) in [7, 11) is 0. The van der Waals surface area contributed by atoms with Gasteiger partial charge in [0, 0.05) is 22.8 Å². The van der Waals surface area contributed by atoms with Crippen molar-refractivity contribution in [3.8, 4) is 17.4 Å². The second-order valence-corrected chi connectivity index (χ2v) is 7.01. The van der Waals surface area contributed by atoms with E-state index in [2.05, 4.69) is 20.4 Å². The molecule has 0 bridgehead atoms. The standard InChI is InChI=1S/C21H18ClN5O3/c1-2-15-11-20(29)25-21(23-15)27-18(12-16(26-27)17-4-3-9-30-17)24-19(28)10-13-5-7-14(22)8-6-13/h3-9,11-12H,2,10H2,1H3,(H,24,28)(H,23,25,29). The molecule has 4 rings (SSSR count). The topological polar surface area (TPSA) is 106 Å². The number of furan rings is 1. The summed E-state index contributed by atoms with van der Waals surface area (Å²) in [6.07, 6.45) is 2.27. The number of nitrogens with zero attached hydrogens (tertiary/aromatic N) is 3. The molecule has 0 saturated heterocycles. The van der Waals surface area contributed by atoms with Crippen LogP contribution in [0.2, 0.25) is 5.02 Å². The largest absolute Gasteiger partial charge is 0.463 e. The van der Waals surface area contributed by atoms with E-state index in [0.717, 1.165) is 5.56 Å². The highest BCUT2D eigenvalue weighted by Gasteiger charge is 2.17. The van der Waals surface area contributed by atoms with Crippen LogP contribution < -0.4 is 10.9 Å². The van der Waals surface area contributed by atoms with E-state index in [9.17, 15) is 9.59 Å². The van der Waals surface area contributed by atoms with Gasteiger partial charge in [-0.15, -0.1) is 0 Å². The third-order valence-corrected chi connectivity index (χ3v) is 4.63. The first-order valence-corrected chi connectivity index (χ1v) is 9.68. The summed E-state index contributed by atoms with van der Waals surface area (Å²) in [6, 6.07) is 13.6. The molecule has 0 aliphatic carbocycles. The highest BCUT2D eigenvalue weighted by molar-refractivity contribution is 6.30. The van der Waals surface area contributed by atoms with Crippen molar-refractivity contribution in [3.63, 3.8) is 0 Å². The van der Waals surface area contributed by atoms with Crippen LogP contribution in [0.4, 0.5) is 5.82 Å². The number of carbonyl (C=O) groups is 1. The number of aromatic nitrogens is 4. The number of anilines is 1. The zero-order chi connectivity index (χ0) is 21.1. The third-order valence-electron chi connectivity index (χ3n) is 4.37. The Labute approximate surface area is 176 Å². The Morgan fingerprint density at radius 1 is 1.23 bits per heavy atom. The fraction of sp³-hybridized carbons (Fsp3) is 0.143. The summed E-state index contributed by atoms with van der Waals surface area (Å²) in [4.78, 5) is 31.8. The number of carbonyl (C=O) groups excluding carboxylic acids is 1. The molecular weight excluding hydrogens is 406 g/mol. The number of hydrogen-bond acceptors (Lipinski definition) is 5. The Morgan fingerprint density at radius 2 is 2.03 bits per heavy atom. The van der Waals surface area contributed by atoms with E-state index in [1.807, 2.05) is 6.92 Å². The van der Waals surface area contributed by atoms with Crippen molar-refractivity contribution in [2.75, 3.05) is 5.32 Å². The van der Waals surface area contributed by atoms with Gasteiger partial charge in [0.15, 0.2) is 5.76 Å². The molecule has 3 aromatic heterocycles. The molecule has 0 radical (unpaired) electrons. The van der Waals surface area contributed by atoms with E-state index in [0.29, 0.717) is 34.4 Å². The third kappa shape index (κ3) is 4.33. The number of hydrogen-bond donors (Lipinski definition) is 2. The molecule has 0 spiro atoms. The molecule has 0 aliphatic rings. The highest BCUT2D eigenvalue weighted by Crippen LogP contribution is 2.24. The molecule has 0 atom stereocenters. The molecule has 1 aromatic carbocycles. The van der Waals surface area contributed by atoms with E-state index in [1.54, 1.807) is 42.5 Å². The van der Waals surface area contributed by atoms with Gasteiger partial charge in [-0.25, -0.2) is 4.98 Å². The van der Waals surface area contributed by atoms with Crippen molar-refractivity contribution in [1.82, 2.24) is 19.7 Å². The quantitative estimate of drug-likeness (QED) is 0.492. The summed E-state index contributed by atoms with van der Waals surface area (Å²) in [5.74, 6) is 0.838. The SMILES string of the molecule is CCc1cc(=O)[nH]c(-n2nc(-c3ccco3)cc2NC(=O)Cc2ccc(Cl)cc2)n1. The predicted molar refractivity (Wildman–Crippen MR) is 113 cm³/mol. The number of benzene rings is 1. The maximum atomic E-state index is 12.6. The minimum Gasteiger partial charge on any atom is -0.463 e. The van der Waals surface area contributed by atoms with Gasteiger partial charge in [-0.2, -0.15) is 9.78 Å². The minimum atomic E-state index is -0.301. The number of amides is 1. The number of H-pyrrole nitrogens is 1. The normalized spacial score (nSPS) is 10.9. The molecule has 4 aromatic rings. The number of rotatable bonds is 6. The van der Waals surface area contributed by atoms with Crippen molar-refractivity contribution < 1.29 is 9.21 Å². The van der Waals surface area contributed by atoms with E-state index in [4.69, 9.17) is 16.0 Å². The Hall–Kier alpha value is -3.65. The predicted octanol–water partition coefficient (Wildman–Crippen LogP) is 3.61. The van der Waals surface area contributed by atoms with Crippen molar-refractivity contribution in [2.24, 2.45) is 0 Å². The average molecular weight is 424 g/mol. The minimum absolute atomic E-state index is 0.150. The number of nitrogens with one attached hydrogen (secondary N) is 2. The summed E-state index contributed by atoms with van der Waals surface area (Å²) in [5, 5.41) is 7.91. The first-order chi connectivity index (χ1) is 14.5. The molecule has 1 amide bonds. The molecule has 30 heavy (non-hydrogen) atoms. The lowest BCUT2D eigenvalue weighted by atomic mass is 10.1. The van der Waals surface area contributed by atoms with Crippen LogP contribution in [0.15, 0.2) is 64.0 Å². The van der Waals surface area contributed by atoms with Gasteiger partial charge in [0.2, 0.25) is 11.9 Å². The molecule has 0 saturated carbocycles. The first-order valence-electron chi connectivity index (χ1n) is 9.30. The van der Waals surface area contributed by atoms with Crippen LogP contribution in [0, 0.1) is 0 Å². The second-order valence-electron chi connectivity index (χ2n) is 6.57. The number of aryl methyl sites for hydroxylation is 1. The van der Waals surface area contributed by atoms with Crippen molar-refractivity contribution in [2.45, 2.75) is 19.8 Å². The van der Waals surface area contributed by atoms with Gasteiger partial charge < -0.3 is 9.73 Å². The van der Waals surface area contributed by atoms with Gasteiger partial charge in [0.05, 0.1) is 12.7 Å². The van der Waals surface area contributed by atoms with Crippen LogP contribution in [-0.4, -0.2) is 25.7 Å². The monoisotopic (exact) mass is 423 g/mol. The highest BCUT2D eigenvalue weighted by atomic mass is 35.5. The lowest BCUT2D eigenvalue weighted by Crippen LogP contribution is -2.20. The van der Waals surface area contributed by atoms with E-state index >= 15 is 0 Å². The zero-order valence-corrected chi connectivity index (χ0v) is 16.8. The molecule has 152 valence electrons.